The van der Waals surface area contributed by atoms with Crippen molar-refractivity contribution in [3.05, 3.63) is 12.2 Å². The van der Waals surface area contributed by atoms with Gasteiger partial charge in [-0.15, -0.1) is 0 Å². The Morgan fingerprint density at radius 2 is 1.73 bits per heavy atom. The molecule has 0 aromatic heterocycles. The van der Waals surface area contributed by atoms with Gasteiger partial charge in [0.25, 0.3) is 0 Å². The molecule has 0 radical (unpaired) electrons. The van der Waals surface area contributed by atoms with Gasteiger partial charge in [-0.05, 0) is 51.7 Å². The van der Waals surface area contributed by atoms with Gasteiger partial charge in [0.05, 0.1) is 12.1 Å². The van der Waals surface area contributed by atoms with Gasteiger partial charge < -0.3 is 14.3 Å². The van der Waals surface area contributed by atoms with E-state index in [1.54, 1.807) is 11.0 Å². The molecule has 0 aromatic carbocycles. The minimum Gasteiger partial charge on any atom is -0.478 e. The summed E-state index contributed by atoms with van der Waals surface area (Å²) in [6.07, 6.45) is 3.59. The van der Waals surface area contributed by atoms with Gasteiger partial charge >= 0.3 is 12.1 Å². The zero-order valence-electron chi connectivity index (χ0n) is 17.5. The van der Waals surface area contributed by atoms with Crippen molar-refractivity contribution in [1.29, 1.82) is 0 Å². The van der Waals surface area contributed by atoms with Gasteiger partial charge in [0.1, 0.15) is 5.60 Å². The molecule has 1 aliphatic heterocycles. The van der Waals surface area contributed by atoms with E-state index >= 15 is 0 Å². The quantitative estimate of drug-likeness (QED) is 0.573. The molecule has 7 heteroatoms. The summed E-state index contributed by atoms with van der Waals surface area (Å²) in [7, 11) is -2.06. The zero-order chi connectivity index (χ0) is 20.3. The van der Waals surface area contributed by atoms with Crippen molar-refractivity contribution in [1.82, 2.24) is 4.90 Å². The van der Waals surface area contributed by atoms with Crippen molar-refractivity contribution in [3.63, 3.8) is 0 Å². The maximum Gasteiger partial charge on any atom is 0.410 e. The van der Waals surface area contributed by atoms with Crippen LogP contribution in [0.3, 0.4) is 0 Å². The van der Waals surface area contributed by atoms with Gasteiger partial charge in [-0.1, -0.05) is 26.8 Å². The second-order valence-electron chi connectivity index (χ2n) is 9.42. The molecule has 0 saturated carbocycles. The summed E-state index contributed by atoms with van der Waals surface area (Å²) in [4.78, 5) is 25.3. The molecule has 1 N–H and O–H groups in total. The third-order valence-corrected chi connectivity index (χ3v) is 9.45. The van der Waals surface area contributed by atoms with Crippen LogP contribution in [0.5, 0.6) is 0 Å². The number of piperidine rings is 1. The van der Waals surface area contributed by atoms with Crippen LogP contribution in [0.2, 0.25) is 18.1 Å². The molecule has 0 unspecified atom stereocenters. The minimum atomic E-state index is -2.06. The van der Waals surface area contributed by atoms with Crippen LogP contribution in [-0.4, -0.2) is 54.7 Å². The first kappa shape index (κ1) is 22.7. The molecule has 0 bridgehead atoms. The molecule has 6 nitrogen and oxygen atoms in total. The second kappa shape index (κ2) is 8.13. The van der Waals surface area contributed by atoms with Crippen molar-refractivity contribution >= 4 is 20.4 Å². The zero-order valence-corrected chi connectivity index (χ0v) is 18.5. The molecule has 1 rings (SSSR count). The molecule has 1 fully saturated rings. The molecule has 1 amide bonds. The number of likely N-dealkylation sites (tertiary alicyclic amines) is 1. The number of carbonyl (C=O) groups is 2. The number of amides is 1. The van der Waals surface area contributed by atoms with E-state index in [1.165, 1.54) is 0 Å². The highest BCUT2D eigenvalue weighted by atomic mass is 28.4. The Bertz CT molecular complexity index is 545. The summed E-state index contributed by atoms with van der Waals surface area (Å²) in [6, 6.07) is -0.441. The summed E-state index contributed by atoms with van der Waals surface area (Å²) in [5.41, 5.74) is -0.606. The molecule has 0 aliphatic carbocycles. The number of carboxylic acids is 1. The highest BCUT2D eigenvalue weighted by molar-refractivity contribution is 6.74. The SMILES string of the molecule is CC(C)(C)OC(=O)N1CCC[C@H](O[Si](C)(C)C(C)(C)C)[C@H]1/C=C/C(=O)O. The van der Waals surface area contributed by atoms with E-state index < -0.39 is 32.0 Å². The van der Waals surface area contributed by atoms with Crippen LogP contribution in [0.1, 0.15) is 54.4 Å². The van der Waals surface area contributed by atoms with E-state index in [2.05, 4.69) is 33.9 Å². The molecular formula is C19H35NO5Si. The van der Waals surface area contributed by atoms with Crippen LogP contribution >= 0.6 is 0 Å². The number of aliphatic carboxylic acids is 1. The van der Waals surface area contributed by atoms with E-state index in [-0.39, 0.29) is 11.1 Å². The minimum absolute atomic E-state index is 0.0300. The van der Waals surface area contributed by atoms with Gasteiger partial charge in [0.2, 0.25) is 0 Å². The number of hydrogen-bond donors (Lipinski definition) is 1. The molecule has 150 valence electrons. The van der Waals surface area contributed by atoms with E-state index in [0.29, 0.717) is 6.54 Å². The molecular weight excluding hydrogens is 350 g/mol. The third-order valence-electron chi connectivity index (χ3n) is 4.94. The number of carbonyl (C=O) groups excluding carboxylic acids is 1. The molecule has 0 spiro atoms. The van der Waals surface area contributed by atoms with E-state index in [1.807, 2.05) is 20.8 Å². The Balaban J connectivity index is 3.11. The Kier molecular flexibility index (Phi) is 7.09. The van der Waals surface area contributed by atoms with Gasteiger partial charge in [0, 0.05) is 12.6 Å². The Morgan fingerprint density at radius 3 is 2.19 bits per heavy atom. The lowest BCUT2D eigenvalue weighted by molar-refractivity contribution is -0.131. The lowest BCUT2D eigenvalue weighted by atomic mass is 9.99. The average molecular weight is 386 g/mol. The van der Waals surface area contributed by atoms with Crippen molar-refractivity contribution in [2.45, 2.75) is 90.3 Å². The number of rotatable bonds is 4. The fourth-order valence-electron chi connectivity index (χ4n) is 2.61. The van der Waals surface area contributed by atoms with Gasteiger partial charge in [0.15, 0.2) is 8.32 Å². The summed E-state index contributed by atoms with van der Waals surface area (Å²) in [5, 5.41) is 9.08. The third kappa shape index (κ3) is 6.43. The normalized spacial score (nSPS) is 22.5. The van der Waals surface area contributed by atoms with Crippen LogP contribution in [0.15, 0.2) is 12.2 Å². The van der Waals surface area contributed by atoms with E-state index in [4.69, 9.17) is 14.3 Å². The van der Waals surface area contributed by atoms with Crippen LogP contribution in [-0.2, 0) is 14.0 Å². The van der Waals surface area contributed by atoms with Gasteiger partial charge in [-0.2, -0.15) is 0 Å². The Hall–Kier alpha value is -1.34. The highest BCUT2D eigenvalue weighted by Gasteiger charge is 2.43. The first-order valence-electron chi connectivity index (χ1n) is 9.22. The van der Waals surface area contributed by atoms with Crippen molar-refractivity contribution < 1.29 is 23.9 Å². The van der Waals surface area contributed by atoms with Crippen LogP contribution in [0.25, 0.3) is 0 Å². The molecule has 0 aromatic rings. The molecule has 26 heavy (non-hydrogen) atoms. The Labute approximate surface area is 158 Å². The summed E-state index contributed by atoms with van der Waals surface area (Å²) in [6.45, 7) is 16.8. The fraction of sp³-hybridized carbons (Fsp3) is 0.789. The molecule has 1 heterocycles. The number of nitrogens with zero attached hydrogens (tertiary/aromatic N) is 1. The maximum absolute atomic E-state index is 12.7. The van der Waals surface area contributed by atoms with Crippen molar-refractivity contribution in [2.75, 3.05) is 6.54 Å². The average Bonchev–Trinajstić information content (AvgIpc) is 2.42. The predicted molar refractivity (Wildman–Crippen MR) is 105 cm³/mol. The molecule has 1 aliphatic rings. The summed E-state index contributed by atoms with van der Waals surface area (Å²) >= 11 is 0. The van der Waals surface area contributed by atoms with Crippen molar-refractivity contribution in [2.24, 2.45) is 0 Å². The van der Waals surface area contributed by atoms with Gasteiger partial charge in [-0.25, -0.2) is 9.59 Å². The number of hydrogen-bond acceptors (Lipinski definition) is 4. The monoisotopic (exact) mass is 385 g/mol. The van der Waals surface area contributed by atoms with Crippen molar-refractivity contribution in [3.8, 4) is 0 Å². The maximum atomic E-state index is 12.7. The van der Waals surface area contributed by atoms with Crippen LogP contribution in [0, 0.1) is 0 Å². The smallest absolute Gasteiger partial charge is 0.410 e. The highest BCUT2D eigenvalue weighted by Crippen LogP contribution is 2.39. The van der Waals surface area contributed by atoms with Crippen LogP contribution in [0.4, 0.5) is 4.79 Å². The van der Waals surface area contributed by atoms with Crippen LogP contribution < -0.4 is 0 Å². The lowest BCUT2D eigenvalue weighted by Crippen LogP contribution is -2.56. The topological polar surface area (TPSA) is 76.1 Å². The first-order valence-corrected chi connectivity index (χ1v) is 12.1. The molecule has 2 atom stereocenters. The standard InChI is InChI=1S/C19H35NO5Si/c1-18(2,3)24-17(23)20-13-9-10-15(14(20)11-12-16(21)22)25-26(7,8)19(4,5)6/h11-12,14-15H,9-10,13H2,1-8H3,(H,21,22)/b12-11+/t14-,15+/m1/s1. The molecule has 1 saturated heterocycles. The fourth-order valence-corrected chi connectivity index (χ4v) is 3.98. The second-order valence-corrected chi connectivity index (χ2v) is 14.2. The largest absolute Gasteiger partial charge is 0.478 e. The summed E-state index contributed by atoms with van der Waals surface area (Å²) in [5.74, 6) is -1.04. The Morgan fingerprint density at radius 1 is 1.15 bits per heavy atom. The summed E-state index contributed by atoms with van der Waals surface area (Å²) < 4.78 is 12.1. The van der Waals surface area contributed by atoms with E-state index in [9.17, 15) is 9.59 Å². The van der Waals surface area contributed by atoms with E-state index in [0.717, 1.165) is 18.9 Å². The number of carboxylic acid groups (broad SMARTS) is 1. The lowest BCUT2D eigenvalue weighted by Gasteiger charge is -2.45. The first-order chi connectivity index (χ1) is 11.6. The predicted octanol–water partition coefficient (Wildman–Crippen LogP) is 4.42. The number of ether oxygens (including phenoxy) is 1. The van der Waals surface area contributed by atoms with Gasteiger partial charge in [-0.3, -0.25) is 4.90 Å².